The Bertz CT molecular complexity index is 1860. The molecule has 250 valence electrons. The Labute approximate surface area is 280 Å². The molecule has 2 aliphatic rings. The van der Waals surface area contributed by atoms with E-state index in [1.165, 1.54) is 11.1 Å². The summed E-state index contributed by atoms with van der Waals surface area (Å²) in [6.07, 6.45) is 0.417. The maximum atomic E-state index is 13.4. The van der Waals surface area contributed by atoms with Crippen LogP contribution in [-0.4, -0.2) is 5.49 Å². The number of benzene rings is 4. The molecule has 0 heterocycles. The molecule has 0 aliphatic heterocycles. The van der Waals surface area contributed by atoms with Gasteiger partial charge in [-0.1, -0.05) is 0 Å². The van der Waals surface area contributed by atoms with Crippen LogP contribution in [0.2, 0.25) is 20.4 Å². The normalized spacial score (nSPS) is 17.7. The Morgan fingerprint density at radius 2 is 0.896 bits per heavy atom. The van der Waals surface area contributed by atoms with Crippen LogP contribution in [0.4, 0.5) is 26.3 Å². The third-order valence-electron chi connectivity index (χ3n) is 11.0. The van der Waals surface area contributed by atoms with Crippen molar-refractivity contribution in [3.05, 3.63) is 130 Å². The molecule has 2 unspecified atom stereocenters. The summed E-state index contributed by atoms with van der Waals surface area (Å²) >= 11 is -4.30. The topological polar surface area (TPSA) is 0 Å². The monoisotopic (exact) mass is 842 g/mol. The van der Waals surface area contributed by atoms with Gasteiger partial charge in [-0.15, -0.1) is 0 Å². The van der Waals surface area contributed by atoms with E-state index in [1.54, 1.807) is 24.3 Å². The number of hydrogen-bond acceptors (Lipinski definition) is 0. The fourth-order valence-corrected chi connectivity index (χ4v) is 81.3. The Morgan fingerprint density at radius 1 is 0.542 bits per heavy atom. The molecule has 0 saturated carbocycles. The van der Waals surface area contributed by atoms with E-state index in [2.05, 4.69) is 73.5 Å². The van der Waals surface area contributed by atoms with E-state index in [9.17, 15) is 26.3 Å². The predicted molar refractivity (Wildman–Crippen MR) is 185 cm³/mol. The van der Waals surface area contributed by atoms with Gasteiger partial charge >= 0.3 is 282 Å². The molecular weight excluding hydrogens is 801 g/mol. The number of allylic oxidation sites excluding steroid dienone is 2. The first kappa shape index (κ1) is 34.9. The second kappa shape index (κ2) is 12.1. The standard InChI is InChI=1S/2C16H10F3.C6H14Si.2CH3.Hf/c2*17-16(18,19)13-9-7-12(8-10-13)15-6-2-4-11-3-1-5-14(11)15;1-5(2)7-6(3)4;;;/h2*1-10H;5-6H,1-4H3;2*1H3;. The van der Waals surface area contributed by atoms with Crippen molar-refractivity contribution in [1.29, 1.82) is 0 Å². The minimum absolute atomic E-state index is 0.223. The van der Waals surface area contributed by atoms with Crippen LogP contribution >= 0.6 is 0 Å². The number of alkyl halides is 6. The number of halogens is 6. The molecule has 8 heteroatoms. The summed E-state index contributed by atoms with van der Waals surface area (Å²) in [6.45, 7) is 9.47. The van der Waals surface area contributed by atoms with Crippen molar-refractivity contribution >= 4 is 17.6 Å². The molecule has 0 radical (unpaired) electrons. The van der Waals surface area contributed by atoms with E-state index in [0.717, 1.165) is 57.6 Å². The Balaban J connectivity index is 1.52. The van der Waals surface area contributed by atoms with Gasteiger partial charge in [-0.3, -0.25) is 0 Å². The molecule has 2 aliphatic carbocycles. The molecule has 0 nitrogen and oxygen atoms in total. The molecule has 0 bridgehead atoms. The summed E-state index contributed by atoms with van der Waals surface area (Å²) in [7, 11) is 0. The number of hydrogen-bond donors (Lipinski definition) is 0. The maximum absolute atomic E-state index is 13.4. The SMILES string of the molecule is CC(C)[Si](C(C)C)=[Hf]([CH3])([CH3])([CH]1C=Cc2c(-c3ccc(C(F)(F)F)cc3)cccc21)[CH]1C=Cc2c(-c3ccc(C(F)(F)F)cc3)cccc21. The second-order valence-corrected chi connectivity index (χ2v) is 60.4. The molecule has 0 aromatic heterocycles. The molecule has 6 rings (SSSR count). The molecule has 2 atom stereocenters. The van der Waals surface area contributed by atoms with Crippen LogP contribution in [0.3, 0.4) is 0 Å². The van der Waals surface area contributed by atoms with Gasteiger partial charge in [0.15, 0.2) is 0 Å². The van der Waals surface area contributed by atoms with Crippen LogP contribution in [0.25, 0.3) is 34.4 Å². The zero-order valence-corrected chi connectivity index (χ0v) is 32.6. The van der Waals surface area contributed by atoms with E-state index in [1.807, 2.05) is 24.3 Å². The summed E-state index contributed by atoms with van der Waals surface area (Å²) < 4.78 is 85.9. The molecule has 4 aromatic carbocycles. The van der Waals surface area contributed by atoms with E-state index >= 15 is 0 Å². The first-order chi connectivity index (χ1) is 22.4. The van der Waals surface area contributed by atoms with Gasteiger partial charge in [-0.25, -0.2) is 0 Å². The van der Waals surface area contributed by atoms with Gasteiger partial charge in [0, 0.05) is 0 Å². The summed E-state index contributed by atoms with van der Waals surface area (Å²) in [5.74, 6) is 0. The van der Waals surface area contributed by atoms with Crippen LogP contribution in [0.1, 0.15) is 68.4 Å². The zero-order chi connectivity index (χ0) is 34.8. The van der Waals surface area contributed by atoms with E-state index < -0.39 is 46.1 Å². The van der Waals surface area contributed by atoms with E-state index in [4.69, 9.17) is 0 Å². The van der Waals surface area contributed by atoms with Gasteiger partial charge in [0.2, 0.25) is 0 Å². The van der Waals surface area contributed by atoms with Crippen molar-refractivity contribution in [3.63, 3.8) is 0 Å². The van der Waals surface area contributed by atoms with Gasteiger partial charge in [0.25, 0.3) is 0 Å². The van der Waals surface area contributed by atoms with Crippen LogP contribution in [-0.2, 0) is 29.5 Å². The van der Waals surface area contributed by atoms with Gasteiger partial charge in [0.05, 0.1) is 0 Å². The predicted octanol–water partition coefficient (Wildman–Crippen LogP) is 13.5. The fourth-order valence-electron chi connectivity index (χ4n) is 9.44. The molecule has 0 saturated heterocycles. The van der Waals surface area contributed by atoms with Gasteiger partial charge in [0.1, 0.15) is 0 Å². The third-order valence-corrected chi connectivity index (χ3v) is 69.8. The molecule has 0 N–H and O–H groups in total. The molecular formula is C40H40F6HfSi. The fraction of sp³-hybridized carbons (Fsp3) is 0.300. The summed E-state index contributed by atoms with van der Waals surface area (Å²) in [5, 5.41) is 0. The molecule has 0 amide bonds. The first-order valence-electron chi connectivity index (χ1n) is 16.5. The van der Waals surface area contributed by atoms with Crippen LogP contribution in [0.15, 0.2) is 97.1 Å². The van der Waals surface area contributed by atoms with Crippen molar-refractivity contribution in [2.45, 2.75) is 67.8 Å². The second-order valence-electron chi connectivity index (χ2n) is 14.8. The van der Waals surface area contributed by atoms with Crippen molar-refractivity contribution in [3.8, 4) is 22.3 Å². The van der Waals surface area contributed by atoms with Crippen molar-refractivity contribution in [2.75, 3.05) is 0 Å². The first-order valence-corrected chi connectivity index (χ1v) is 34.8. The Kier molecular flexibility index (Phi) is 8.80. The molecule has 0 spiro atoms. The Morgan fingerprint density at radius 3 is 1.21 bits per heavy atom. The van der Waals surface area contributed by atoms with Crippen LogP contribution < -0.4 is 0 Å². The van der Waals surface area contributed by atoms with Crippen molar-refractivity contribution < 1.29 is 43.5 Å². The van der Waals surface area contributed by atoms with Crippen molar-refractivity contribution in [2.24, 2.45) is 0 Å². The summed E-state index contributed by atoms with van der Waals surface area (Å²) in [6, 6.07) is 23.4. The average Bonchev–Trinajstić information content (AvgIpc) is 3.66. The van der Waals surface area contributed by atoms with E-state index in [-0.39, 0.29) is 7.35 Å². The van der Waals surface area contributed by atoms with E-state index in [0.29, 0.717) is 11.1 Å². The minimum atomic E-state index is -4.39. The summed E-state index contributed by atoms with van der Waals surface area (Å²) in [4.78, 5) is 0. The average molecular weight is 841 g/mol. The quantitative estimate of drug-likeness (QED) is 0.134. The van der Waals surface area contributed by atoms with Gasteiger partial charge in [-0.2, -0.15) is 0 Å². The van der Waals surface area contributed by atoms with Crippen molar-refractivity contribution in [1.82, 2.24) is 0 Å². The number of rotatable bonds is 6. The zero-order valence-electron chi connectivity index (χ0n) is 28.0. The summed E-state index contributed by atoms with van der Waals surface area (Å²) in [5.41, 5.74) is 6.80. The molecule has 48 heavy (non-hydrogen) atoms. The van der Waals surface area contributed by atoms with Gasteiger partial charge in [-0.05, 0) is 0 Å². The molecule has 0 fully saturated rings. The van der Waals surface area contributed by atoms with Gasteiger partial charge < -0.3 is 0 Å². The number of fused-ring (bicyclic) bond motifs is 2. The Hall–Kier alpha value is -2.97. The van der Waals surface area contributed by atoms with Crippen LogP contribution in [0, 0.1) is 0 Å². The third kappa shape index (κ3) is 5.74. The van der Waals surface area contributed by atoms with Crippen LogP contribution in [0.5, 0.6) is 0 Å². The molecule has 4 aromatic rings.